The van der Waals surface area contributed by atoms with Gasteiger partial charge in [-0.3, -0.25) is 10.9 Å². The Morgan fingerprint density at radius 3 is 2.62 bits per heavy atom. The van der Waals surface area contributed by atoms with E-state index in [9.17, 15) is 12.8 Å². The number of rotatable bonds is 3. The average molecular weight is 313 g/mol. The van der Waals surface area contributed by atoms with Gasteiger partial charge in [0.15, 0.2) is 0 Å². The maximum Gasteiger partial charge on any atom is 0.243 e. The summed E-state index contributed by atoms with van der Waals surface area (Å²) in [6.45, 7) is 4.11. The lowest BCUT2D eigenvalue weighted by Gasteiger charge is -2.22. The van der Waals surface area contributed by atoms with E-state index in [4.69, 9.17) is 0 Å². The van der Waals surface area contributed by atoms with Crippen LogP contribution in [-0.4, -0.2) is 38.4 Å². The molecule has 0 amide bonds. The van der Waals surface area contributed by atoms with Gasteiger partial charge in [0.2, 0.25) is 10.0 Å². The summed E-state index contributed by atoms with van der Waals surface area (Å²) in [6.07, 6.45) is 0.851. The van der Waals surface area contributed by atoms with Crippen molar-refractivity contribution in [3.63, 3.8) is 0 Å². The first-order valence-corrected chi connectivity index (χ1v) is 8.66. The third kappa shape index (κ3) is 2.83. The third-order valence-electron chi connectivity index (χ3n) is 4.45. The van der Waals surface area contributed by atoms with Crippen molar-refractivity contribution in [3.05, 3.63) is 30.1 Å². The summed E-state index contributed by atoms with van der Waals surface area (Å²) in [4.78, 5) is 0.162. The van der Waals surface area contributed by atoms with Crippen molar-refractivity contribution in [1.82, 2.24) is 15.2 Å². The zero-order chi connectivity index (χ0) is 15.0. The van der Waals surface area contributed by atoms with Gasteiger partial charge in [-0.2, -0.15) is 4.31 Å². The lowest BCUT2D eigenvalue weighted by atomic mass is 9.90. The van der Waals surface area contributed by atoms with Crippen molar-refractivity contribution in [2.24, 2.45) is 11.8 Å². The SMILES string of the molecule is CC1CNNC1C1CCN(S(=O)(=O)c2ccc(F)cc2)C1. The monoisotopic (exact) mass is 313 g/mol. The van der Waals surface area contributed by atoms with E-state index in [1.165, 1.54) is 28.6 Å². The summed E-state index contributed by atoms with van der Waals surface area (Å²) in [6, 6.07) is 5.33. The zero-order valence-corrected chi connectivity index (χ0v) is 12.7. The van der Waals surface area contributed by atoms with Gasteiger partial charge in [0.25, 0.3) is 0 Å². The predicted molar refractivity (Wildman–Crippen MR) is 77.4 cm³/mol. The van der Waals surface area contributed by atoms with Gasteiger partial charge >= 0.3 is 0 Å². The average Bonchev–Trinajstić information content (AvgIpc) is 3.07. The highest BCUT2D eigenvalue weighted by molar-refractivity contribution is 7.89. The Labute approximate surface area is 124 Å². The van der Waals surface area contributed by atoms with Crippen LogP contribution in [-0.2, 0) is 10.0 Å². The second-order valence-electron chi connectivity index (χ2n) is 5.89. The highest BCUT2D eigenvalue weighted by Gasteiger charge is 2.39. The highest BCUT2D eigenvalue weighted by Crippen LogP contribution is 2.29. The van der Waals surface area contributed by atoms with Crippen LogP contribution in [0.15, 0.2) is 29.2 Å². The molecule has 0 spiro atoms. The largest absolute Gasteiger partial charge is 0.257 e. The summed E-state index contributed by atoms with van der Waals surface area (Å²) < 4.78 is 39.6. The summed E-state index contributed by atoms with van der Waals surface area (Å²) in [5.74, 6) is 0.372. The van der Waals surface area contributed by atoms with Gasteiger partial charge in [-0.05, 0) is 42.5 Å². The molecule has 2 N–H and O–H groups in total. The van der Waals surface area contributed by atoms with Crippen LogP contribution >= 0.6 is 0 Å². The number of hydrogen-bond acceptors (Lipinski definition) is 4. The minimum Gasteiger partial charge on any atom is -0.257 e. The van der Waals surface area contributed by atoms with Gasteiger partial charge in [-0.25, -0.2) is 12.8 Å². The van der Waals surface area contributed by atoms with E-state index >= 15 is 0 Å². The number of sulfonamides is 1. The first-order chi connectivity index (χ1) is 9.98. The molecule has 0 aliphatic carbocycles. The Morgan fingerprint density at radius 2 is 2.00 bits per heavy atom. The Hall–Kier alpha value is -1.02. The van der Waals surface area contributed by atoms with Crippen molar-refractivity contribution in [2.45, 2.75) is 24.3 Å². The van der Waals surface area contributed by atoms with Gasteiger partial charge in [0.05, 0.1) is 4.90 Å². The first kappa shape index (κ1) is 14.9. The standard InChI is InChI=1S/C14H20FN3O2S/c1-10-8-16-17-14(10)11-6-7-18(9-11)21(19,20)13-4-2-12(15)3-5-13/h2-5,10-11,14,16-17H,6-9H2,1H3. The number of nitrogens with zero attached hydrogens (tertiary/aromatic N) is 1. The molecule has 116 valence electrons. The van der Waals surface area contributed by atoms with Crippen LogP contribution in [0.5, 0.6) is 0 Å². The molecule has 0 aromatic heterocycles. The predicted octanol–water partition coefficient (Wildman–Crippen LogP) is 0.949. The lowest BCUT2D eigenvalue weighted by molar-refractivity contribution is 0.336. The van der Waals surface area contributed by atoms with Crippen LogP contribution in [0.2, 0.25) is 0 Å². The molecule has 1 aromatic rings. The van der Waals surface area contributed by atoms with Crippen molar-refractivity contribution in [3.8, 4) is 0 Å². The molecule has 2 saturated heterocycles. The normalized spacial score (nSPS) is 30.9. The number of nitrogens with one attached hydrogen (secondary N) is 2. The fourth-order valence-electron chi connectivity index (χ4n) is 3.21. The Balaban J connectivity index is 1.74. The van der Waals surface area contributed by atoms with E-state index in [0.29, 0.717) is 31.0 Å². The van der Waals surface area contributed by atoms with E-state index < -0.39 is 15.8 Å². The second-order valence-corrected chi connectivity index (χ2v) is 7.83. The van der Waals surface area contributed by atoms with E-state index in [0.717, 1.165) is 13.0 Å². The third-order valence-corrected chi connectivity index (χ3v) is 6.33. The van der Waals surface area contributed by atoms with Crippen molar-refractivity contribution < 1.29 is 12.8 Å². The topological polar surface area (TPSA) is 61.4 Å². The fourth-order valence-corrected chi connectivity index (χ4v) is 4.72. The molecule has 2 fully saturated rings. The number of hydrogen-bond donors (Lipinski definition) is 2. The van der Waals surface area contributed by atoms with Crippen molar-refractivity contribution >= 4 is 10.0 Å². The van der Waals surface area contributed by atoms with Crippen LogP contribution in [0.3, 0.4) is 0 Å². The minimum atomic E-state index is -3.52. The number of halogens is 1. The van der Waals surface area contributed by atoms with Crippen molar-refractivity contribution in [2.75, 3.05) is 19.6 Å². The van der Waals surface area contributed by atoms with Gasteiger partial charge in [0.1, 0.15) is 5.82 Å². The van der Waals surface area contributed by atoms with Crippen molar-refractivity contribution in [1.29, 1.82) is 0 Å². The number of hydrazine groups is 1. The van der Waals surface area contributed by atoms with Gasteiger partial charge < -0.3 is 0 Å². The number of benzene rings is 1. The van der Waals surface area contributed by atoms with Crippen LogP contribution in [0.1, 0.15) is 13.3 Å². The molecule has 3 rings (SSSR count). The molecule has 3 atom stereocenters. The minimum absolute atomic E-state index is 0.162. The molecule has 21 heavy (non-hydrogen) atoms. The second kappa shape index (κ2) is 5.64. The van der Waals surface area contributed by atoms with E-state index in [1.807, 2.05) is 0 Å². The fraction of sp³-hybridized carbons (Fsp3) is 0.571. The first-order valence-electron chi connectivity index (χ1n) is 7.22. The zero-order valence-electron chi connectivity index (χ0n) is 11.9. The van der Waals surface area contributed by atoms with Gasteiger partial charge in [-0.15, -0.1) is 0 Å². The van der Waals surface area contributed by atoms with E-state index in [-0.39, 0.29) is 4.90 Å². The van der Waals surface area contributed by atoms with E-state index in [1.54, 1.807) is 0 Å². The summed E-state index contributed by atoms with van der Waals surface area (Å²) >= 11 is 0. The summed E-state index contributed by atoms with van der Waals surface area (Å²) in [5.41, 5.74) is 6.38. The molecule has 0 radical (unpaired) electrons. The van der Waals surface area contributed by atoms with Crippen LogP contribution in [0.25, 0.3) is 0 Å². The van der Waals surface area contributed by atoms with Crippen LogP contribution < -0.4 is 10.9 Å². The van der Waals surface area contributed by atoms with Crippen LogP contribution in [0, 0.1) is 17.7 Å². The quantitative estimate of drug-likeness (QED) is 0.872. The summed E-state index contributed by atoms with van der Waals surface area (Å²) in [7, 11) is -3.52. The molecule has 5 nitrogen and oxygen atoms in total. The molecule has 0 saturated carbocycles. The molecule has 3 unspecified atom stereocenters. The molecule has 2 aliphatic rings. The Bertz CT molecular complexity index is 605. The van der Waals surface area contributed by atoms with Crippen LogP contribution in [0.4, 0.5) is 4.39 Å². The smallest absolute Gasteiger partial charge is 0.243 e. The molecule has 2 aliphatic heterocycles. The molecule has 0 bridgehead atoms. The summed E-state index contributed by atoms with van der Waals surface area (Å²) in [5, 5.41) is 0. The maximum atomic E-state index is 12.9. The lowest BCUT2D eigenvalue weighted by Crippen LogP contribution is -2.39. The Morgan fingerprint density at radius 1 is 1.29 bits per heavy atom. The molecule has 7 heteroatoms. The molecular weight excluding hydrogens is 293 g/mol. The van der Waals surface area contributed by atoms with Gasteiger partial charge in [-0.1, -0.05) is 6.92 Å². The molecule has 2 heterocycles. The molecule has 1 aromatic carbocycles. The molecular formula is C14H20FN3O2S. The highest BCUT2D eigenvalue weighted by atomic mass is 32.2. The van der Waals surface area contributed by atoms with Gasteiger partial charge in [0, 0.05) is 25.7 Å². The maximum absolute atomic E-state index is 12.9. The Kier molecular flexibility index (Phi) is 4.00. The van der Waals surface area contributed by atoms with E-state index in [2.05, 4.69) is 17.8 Å².